The van der Waals surface area contributed by atoms with E-state index in [1.807, 2.05) is 35.2 Å². The number of phenols is 1. The number of para-hydroxylation sites is 1. The van der Waals surface area contributed by atoms with Crippen LogP contribution in [0.25, 0.3) is 0 Å². The van der Waals surface area contributed by atoms with Gasteiger partial charge in [0.15, 0.2) is 0 Å². The normalized spacial score (nSPS) is 16.6. The number of rotatable bonds is 8. The number of amides is 1. The first-order valence-electron chi connectivity index (χ1n) is 9.63. The van der Waals surface area contributed by atoms with Crippen LogP contribution in [0, 0.1) is 0 Å². The van der Waals surface area contributed by atoms with Crippen molar-refractivity contribution in [1.29, 1.82) is 0 Å². The van der Waals surface area contributed by atoms with Gasteiger partial charge < -0.3 is 15.2 Å². The minimum Gasteiger partial charge on any atom is -0.508 e. The molecule has 1 aliphatic heterocycles. The van der Waals surface area contributed by atoms with Crippen molar-refractivity contribution < 1.29 is 14.6 Å². The first-order valence-corrected chi connectivity index (χ1v) is 9.63. The molecule has 2 aromatic rings. The van der Waals surface area contributed by atoms with E-state index in [2.05, 4.69) is 18.3 Å². The lowest BCUT2D eigenvalue weighted by Gasteiger charge is -2.25. The summed E-state index contributed by atoms with van der Waals surface area (Å²) in [5.74, 6) is 0.197. The molecule has 5 nitrogen and oxygen atoms in total. The number of anilines is 1. The van der Waals surface area contributed by atoms with Gasteiger partial charge in [-0.25, -0.2) is 0 Å². The fourth-order valence-corrected chi connectivity index (χ4v) is 3.42. The molecule has 0 radical (unpaired) electrons. The van der Waals surface area contributed by atoms with Gasteiger partial charge in [0, 0.05) is 30.9 Å². The second kappa shape index (κ2) is 9.53. The van der Waals surface area contributed by atoms with E-state index in [4.69, 9.17) is 4.74 Å². The summed E-state index contributed by atoms with van der Waals surface area (Å²) >= 11 is 0. The molecule has 2 aromatic carbocycles. The minimum absolute atomic E-state index is 0.0586. The van der Waals surface area contributed by atoms with Crippen molar-refractivity contribution in [2.75, 3.05) is 25.0 Å². The molecule has 1 fully saturated rings. The molecule has 0 saturated carbocycles. The number of aryl methyl sites for hydroxylation is 1. The second-order valence-corrected chi connectivity index (χ2v) is 7.04. The second-order valence-electron chi connectivity index (χ2n) is 7.04. The number of benzene rings is 2. The Kier molecular flexibility index (Phi) is 6.85. The van der Waals surface area contributed by atoms with Gasteiger partial charge in [0.1, 0.15) is 5.75 Å². The first kappa shape index (κ1) is 19.4. The van der Waals surface area contributed by atoms with Crippen LogP contribution in [0.5, 0.6) is 5.75 Å². The Labute approximate surface area is 161 Å². The van der Waals surface area contributed by atoms with Crippen molar-refractivity contribution in [1.82, 2.24) is 4.90 Å². The zero-order chi connectivity index (χ0) is 19.1. The summed E-state index contributed by atoms with van der Waals surface area (Å²) in [4.78, 5) is 14.7. The zero-order valence-electron chi connectivity index (χ0n) is 15.9. The molecular weight excluding hydrogens is 340 g/mol. The Morgan fingerprint density at radius 1 is 1.26 bits per heavy atom. The van der Waals surface area contributed by atoms with Gasteiger partial charge in [0.05, 0.1) is 12.6 Å². The van der Waals surface area contributed by atoms with E-state index < -0.39 is 0 Å². The topological polar surface area (TPSA) is 61.8 Å². The number of aromatic hydroxyl groups is 1. The third-order valence-corrected chi connectivity index (χ3v) is 4.86. The van der Waals surface area contributed by atoms with Gasteiger partial charge in [-0.1, -0.05) is 37.3 Å². The van der Waals surface area contributed by atoms with Crippen molar-refractivity contribution in [3.05, 3.63) is 59.7 Å². The Hall–Kier alpha value is -2.37. The van der Waals surface area contributed by atoms with Crippen LogP contribution in [0.3, 0.4) is 0 Å². The van der Waals surface area contributed by atoms with Crippen LogP contribution in [-0.2, 0) is 22.5 Å². The summed E-state index contributed by atoms with van der Waals surface area (Å²) in [6, 6.07) is 15.2. The van der Waals surface area contributed by atoms with Crippen molar-refractivity contribution in [2.45, 2.75) is 38.8 Å². The van der Waals surface area contributed by atoms with E-state index >= 15 is 0 Å². The molecule has 1 unspecified atom stereocenters. The number of nitrogens with one attached hydrogen (secondary N) is 1. The third kappa shape index (κ3) is 5.81. The Balaban J connectivity index is 1.65. The lowest BCUT2D eigenvalue weighted by atomic mass is 10.1. The highest BCUT2D eigenvalue weighted by molar-refractivity contribution is 5.92. The van der Waals surface area contributed by atoms with Gasteiger partial charge in [-0.15, -0.1) is 0 Å². The summed E-state index contributed by atoms with van der Waals surface area (Å²) in [6.45, 7) is 4.32. The largest absolute Gasteiger partial charge is 0.508 e. The van der Waals surface area contributed by atoms with Gasteiger partial charge in [-0.2, -0.15) is 0 Å². The van der Waals surface area contributed by atoms with Crippen LogP contribution < -0.4 is 5.32 Å². The molecule has 0 aliphatic carbocycles. The molecule has 144 valence electrons. The maximum Gasteiger partial charge on any atom is 0.238 e. The van der Waals surface area contributed by atoms with Crippen molar-refractivity contribution in [3.63, 3.8) is 0 Å². The summed E-state index contributed by atoms with van der Waals surface area (Å²) < 4.78 is 5.75. The predicted molar refractivity (Wildman–Crippen MR) is 107 cm³/mol. The molecule has 1 aliphatic rings. The van der Waals surface area contributed by atoms with Gasteiger partial charge in [-0.05, 0) is 43.0 Å². The number of carbonyl (C=O) groups excluding carboxylic acids is 1. The molecule has 2 N–H and O–H groups in total. The quantitative estimate of drug-likeness (QED) is 0.748. The van der Waals surface area contributed by atoms with Crippen LogP contribution >= 0.6 is 0 Å². The monoisotopic (exact) mass is 368 g/mol. The van der Waals surface area contributed by atoms with E-state index in [-0.39, 0.29) is 24.3 Å². The molecular formula is C22H28N2O3. The SMILES string of the molecule is CCc1cccc(NC(=O)CN(Cc2ccccc2O)CC2CCCO2)c1. The number of carbonyl (C=O) groups is 1. The van der Waals surface area contributed by atoms with Crippen LogP contribution in [0.1, 0.15) is 30.9 Å². The highest BCUT2D eigenvalue weighted by atomic mass is 16.5. The highest BCUT2D eigenvalue weighted by Gasteiger charge is 2.21. The first-order chi connectivity index (χ1) is 13.1. The van der Waals surface area contributed by atoms with Crippen LogP contribution in [0.15, 0.2) is 48.5 Å². The standard InChI is InChI=1S/C22H28N2O3/c1-2-17-7-5-9-19(13-17)23-22(26)16-24(15-20-10-6-12-27-20)14-18-8-3-4-11-21(18)25/h3-5,7-9,11,13,20,25H,2,6,10,12,14-16H2,1H3,(H,23,26). The van der Waals surface area contributed by atoms with Crippen molar-refractivity contribution in [3.8, 4) is 5.75 Å². The van der Waals surface area contributed by atoms with Crippen molar-refractivity contribution >= 4 is 11.6 Å². The van der Waals surface area contributed by atoms with Gasteiger partial charge >= 0.3 is 0 Å². The van der Waals surface area contributed by atoms with E-state index in [1.54, 1.807) is 12.1 Å². The highest BCUT2D eigenvalue weighted by Crippen LogP contribution is 2.20. The van der Waals surface area contributed by atoms with Crippen LogP contribution in [0.2, 0.25) is 0 Å². The van der Waals surface area contributed by atoms with Crippen LogP contribution in [-0.4, -0.2) is 41.7 Å². The van der Waals surface area contributed by atoms with Gasteiger partial charge in [0.2, 0.25) is 5.91 Å². The number of phenolic OH excluding ortho intramolecular Hbond substituents is 1. The average Bonchev–Trinajstić information content (AvgIpc) is 3.16. The molecule has 1 saturated heterocycles. The number of ether oxygens (including phenoxy) is 1. The fraction of sp³-hybridized carbons (Fsp3) is 0.409. The Bertz CT molecular complexity index is 757. The zero-order valence-corrected chi connectivity index (χ0v) is 15.9. The fourth-order valence-electron chi connectivity index (χ4n) is 3.42. The molecule has 1 heterocycles. The third-order valence-electron chi connectivity index (χ3n) is 4.86. The van der Waals surface area contributed by atoms with Crippen molar-refractivity contribution in [2.24, 2.45) is 0 Å². The van der Waals surface area contributed by atoms with E-state index in [9.17, 15) is 9.90 Å². The molecule has 27 heavy (non-hydrogen) atoms. The summed E-state index contributed by atoms with van der Waals surface area (Å²) in [7, 11) is 0. The lowest BCUT2D eigenvalue weighted by molar-refractivity contribution is -0.117. The lowest BCUT2D eigenvalue weighted by Crippen LogP contribution is -2.38. The predicted octanol–water partition coefficient (Wildman–Crippen LogP) is 3.57. The molecule has 5 heteroatoms. The maximum atomic E-state index is 12.6. The van der Waals surface area contributed by atoms with E-state index in [1.165, 1.54) is 5.56 Å². The smallest absolute Gasteiger partial charge is 0.238 e. The summed E-state index contributed by atoms with van der Waals surface area (Å²) in [6.07, 6.45) is 3.15. The van der Waals surface area contributed by atoms with Gasteiger partial charge in [-0.3, -0.25) is 9.69 Å². The summed E-state index contributed by atoms with van der Waals surface area (Å²) in [5, 5.41) is 13.1. The number of hydrogen-bond donors (Lipinski definition) is 2. The molecule has 1 atom stereocenters. The van der Waals surface area contributed by atoms with E-state index in [0.717, 1.165) is 37.1 Å². The number of nitrogens with zero attached hydrogens (tertiary/aromatic N) is 1. The molecule has 0 bridgehead atoms. The van der Waals surface area contributed by atoms with E-state index in [0.29, 0.717) is 13.1 Å². The molecule has 0 spiro atoms. The maximum absolute atomic E-state index is 12.6. The molecule has 3 rings (SSSR count). The Morgan fingerprint density at radius 2 is 2.11 bits per heavy atom. The van der Waals surface area contributed by atoms with Crippen LogP contribution in [0.4, 0.5) is 5.69 Å². The molecule has 1 amide bonds. The Morgan fingerprint density at radius 3 is 2.85 bits per heavy atom. The summed E-state index contributed by atoms with van der Waals surface area (Å²) in [5.41, 5.74) is 2.83. The number of hydrogen-bond acceptors (Lipinski definition) is 4. The molecule has 0 aromatic heterocycles. The average molecular weight is 368 g/mol. The minimum atomic E-state index is -0.0586. The van der Waals surface area contributed by atoms with Gasteiger partial charge in [0.25, 0.3) is 0 Å².